The summed E-state index contributed by atoms with van der Waals surface area (Å²) in [4.78, 5) is 12.5. The van der Waals surface area contributed by atoms with Crippen LogP contribution in [0.1, 0.15) is 36.2 Å². The Bertz CT molecular complexity index is 814. The minimum atomic E-state index is -2.95. The molecule has 2 rings (SSSR count). The Morgan fingerprint density at radius 2 is 1.76 bits per heavy atom. The first-order chi connectivity index (χ1) is 14.0. The molecule has 0 heterocycles. The van der Waals surface area contributed by atoms with E-state index in [0.717, 1.165) is 6.42 Å². The molecule has 1 amide bonds. The van der Waals surface area contributed by atoms with Gasteiger partial charge in [-0.2, -0.15) is 8.78 Å². The van der Waals surface area contributed by atoms with Crippen LogP contribution in [0.2, 0.25) is 0 Å². The summed E-state index contributed by atoms with van der Waals surface area (Å²) in [5.41, 5.74) is 1.09. The van der Waals surface area contributed by atoms with Crippen LogP contribution in [0, 0.1) is 0 Å². The number of ether oxygens (including phenoxy) is 4. The highest BCUT2D eigenvalue weighted by molar-refractivity contribution is 5.94. The molecule has 0 bridgehead atoms. The van der Waals surface area contributed by atoms with Gasteiger partial charge in [0.05, 0.1) is 20.3 Å². The van der Waals surface area contributed by atoms with Gasteiger partial charge in [0, 0.05) is 12.1 Å². The Kier molecular flexibility index (Phi) is 8.51. The van der Waals surface area contributed by atoms with Crippen LogP contribution in [-0.4, -0.2) is 32.8 Å². The van der Waals surface area contributed by atoms with Crippen LogP contribution in [0.5, 0.6) is 23.0 Å². The van der Waals surface area contributed by atoms with E-state index in [1.807, 2.05) is 13.8 Å². The minimum absolute atomic E-state index is 0.0680. The predicted molar refractivity (Wildman–Crippen MR) is 104 cm³/mol. The van der Waals surface area contributed by atoms with Crippen LogP contribution in [0.4, 0.5) is 8.78 Å². The summed E-state index contributed by atoms with van der Waals surface area (Å²) in [7, 11) is 1.35. The summed E-state index contributed by atoms with van der Waals surface area (Å²) >= 11 is 0. The lowest BCUT2D eigenvalue weighted by molar-refractivity contribution is -0.0512. The van der Waals surface area contributed by atoms with Crippen LogP contribution in [-0.2, 0) is 6.54 Å². The first-order valence-corrected chi connectivity index (χ1v) is 9.28. The van der Waals surface area contributed by atoms with Crippen molar-refractivity contribution in [1.29, 1.82) is 0 Å². The predicted octanol–water partition coefficient (Wildman–Crippen LogP) is 4.41. The zero-order valence-corrected chi connectivity index (χ0v) is 16.7. The van der Waals surface area contributed by atoms with Crippen molar-refractivity contribution in [2.24, 2.45) is 0 Å². The smallest absolute Gasteiger partial charge is 0.387 e. The third-order valence-corrected chi connectivity index (χ3v) is 3.86. The number of alkyl halides is 2. The molecule has 0 aliphatic carbocycles. The van der Waals surface area contributed by atoms with Crippen molar-refractivity contribution in [2.45, 2.75) is 33.4 Å². The van der Waals surface area contributed by atoms with E-state index in [0.29, 0.717) is 35.8 Å². The Hall–Kier alpha value is -3.03. The number of amides is 1. The molecule has 0 saturated heterocycles. The summed E-state index contributed by atoms with van der Waals surface area (Å²) in [5, 5.41) is 2.78. The normalized spacial score (nSPS) is 10.6. The van der Waals surface area contributed by atoms with Crippen molar-refractivity contribution in [3.8, 4) is 23.0 Å². The minimum Gasteiger partial charge on any atom is -0.493 e. The van der Waals surface area contributed by atoms with E-state index in [9.17, 15) is 13.6 Å². The lowest BCUT2D eigenvalue weighted by atomic mass is 10.1. The Morgan fingerprint density at radius 1 is 1.00 bits per heavy atom. The molecule has 29 heavy (non-hydrogen) atoms. The van der Waals surface area contributed by atoms with E-state index >= 15 is 0 Å². The van der Waals surface area contributed by atoms with E-state index in [-0.39, 0.29) is 24.0 Å². The number of nitrogens with one attached hydrogen (secondary N) is 1. The number of methoxy groups -OCH3 is 1. The average molecular weight is 409 g/mol. The number of hydrogen-bond donors (Lipinski definition) is 1. The van der Waals surface area contributed by atoms with E-state index in [1.54, 1.807) is 24.3 Å². The number of carbonyl (C=O) groups excluding carboxylic acids is 1. The van der Waals surface area contributed by atoms with Crippen LogP contribution in [0.3, 0.4) is 0 Å². The standard InChI is InChI=1S/C21H25F2NO5/c1-4-10-28-16-9-7-15(12-19(16)27-5-2)20(25)24-13-14-6-8-17(29-21(22)23)18(11-14)26-3/h6-9,11-12,21H,4-5,10,13H2,1-3H3,(H,24,25). The highest BCUT2D eigenvalue weighted by Gasteiger charge is 2.14. The van der Waals surface area contributed by atoms with Gasteiger partial charge in [-0.3, -0.25) is 4.79 Å². The van der Waals surface area contributed by atoms with Gasteiger partial charge in [-0.1, -0.05) is 13.0 Å². The molecular weight excluding hydrogens is 384 g/mol. The quantitative estimate of drug-likeness (QED) is 0.595. The third-order valence-electron chi connectivity index (χ3n) is 3.86. The topological polar surface area (TPSA) is 66.0 Å². The molecule has 0 radical (unpaired) electrons. The molecule has 2 aromatic rings. The fourth-order valence-electron chi connectivity index (χ4n) is 2.55. The van der Waals surface area contributed by atoms with Crippen molar-refractivity contribution in [3.63, 3.8) is 0 Å². The fourth-order valence-corrected chi connectivity index (χ4v) is 2.55. The molecule has 0 aliphatic heterocycles. The molecule has 8 heteroatoms. The fraction of sp³-hybridized carbons (Fsp3) is 0.381. The number of halogens is 2. The Labute approximate surface area is 168 Å². The molecule has 6 nitrogen and oxygen atoms in total. The molecule has 0 saturated carbocycles. The molecule has 0 fully saturated rings. The third kappa shape index (κ3) is 6.51. The van der Waals surface area contributed by atoms with Gasteiger partial charge in [0.25, 0.3) is 5.91 Å². The van der Waals surface area contributed by atoms with Gasteiger partial charge in [-0.05, 0) is 49.2 Å². The molecule has 0 spiro atoms. The molecule has 0 aromatic heterocycles. The number of rotatable bonds is 11. The lowest BCUT2D eigenvalue weighted by Gasteiger charge is -2.14. The summed E-state index contributed by atoms with van der Waals surface area (Å²) < 4.78 is 45.5. The van der Waals surface area contributed by atoms with Gasteiger partial charge in [-0.25, -0.2) is 0 Å². The van der Waals surface area contributed by atoms with Crippen LogP contribution >= 0.6 is 0 Å². The van der Waals surface area contributed by atoms with Crippen molar-refractivity contribution >= 4 is 5.91 Å². The van der Waals surface area contributed by atoms with Gasteiger partial charge in [-0.15, -0.1) is 0 Å². The highest BCUT2D eigenvalue weighted by atomic mass is 19.3. The van der Waals surface area contributed by atoms with E-state index in [4.69, 9.17) is 14.2 Å². The van der Waals surface area contributed by atoms with Crippen molar-refractivity contribution in [2.75, 3.05) is 20.3 Å². The molecule has 0 unspecified atom stereocenters. The first kappa shape index (κ1) is 22.3. The van der Waals surface area contributed by atoms with Crippen molar-refractivity contribution in [1.82, 2.24) is 5.32 Å². The molecule has 0 aliphatic rings. The van der Waals surface area contributed by atoms with Gasteiger partial charge in [0.15, 0.2) is 23.0 Å². The second kappa shape index (κ2) is 11.1. The monoisotopic (exact) mass is 409 g/mol. The lowest BCUT2D eigenvalue weighted by Crippen LogP contribution is -2.23. The van der Waals surface area contributed by atoms with E-state index in [2.05, 4.69) is 10.1 Å². The summed E-state index contributed by atoms with van der Waals surface area (Å²) in [6, 6.07) is 9.47. The zero-order valence-electron chi connectivity index (χ0n) is 16.7. The SMILES string of the molecule is CCCOc1ccc(C(=O)NCc2ccc(OC(F)F)c(OC)c2)cc1OCC. The number of hydrogen-bond acceptors (Lipinski definition) is 5. The van der Waals surface area contributed by atoms with Crippen LogP contribution < -0.4 is 24.3 Å². The second-order valence-electron chi connectivity index (χ2n) is 5.99. The first-order valence-electron chi connectivity index (χ1n) is 9.28. The van der Waals surface area contributed by atoms with Crippen LogP contribution in [0.25, 0.3) is 0 Å². The van der Waals surface area contributed by atoms with E-state index < -0.39 is 6.61 Å². The van der Waals surface area contributed by atoms with Gasteiger partial charge in [0.1, 0.15) is 0 Å². The number of carbonyl (C=O) groups is 1. The summed E-state index contributed by atoms with van der Waals surface area (Å²) in [6.45, 7) is 2.09. The molecule has 2 aromatic carbocycles. The molecule has 158 valence electrons. The molecule has 0 atom stereocenters. The van der Waals surface area contributed by atoms with Gasteiger partial charge >= 0.3 is 6.61 Å². The van der Waals surface area contributed by atoms with Gasteiger partial charge in [0.2, 0.25) is 0 Å². The Morgan fingerprint density at radius 3 is 2.41 bits per heavy atom. The summed E-state index contributed by atoms with van der Waals surface area (Å²) in [5.74, 6) is 0.878. The number of benzene rings is 2. The van der Waals surface area contributed by atoms with Gasteiger partial charge < -0.3 is 24.3 Å². The maximum absolute atomic E-state index is 12.5. The van der Waals surface area contributed by atoms with Crippen molar-refractivity contribution in [3.05, 3.63) is 47.5 Å². The maximum Gasteiger partial charge on any atom is 0.387 e. The maximum atomic E-state index is 12.5. The zero-order chi connectivity index (χ0) is 21.2. The molecular formula is C21H25F2NO5. The average Bonchev–Trinajstić information content (AvgIpc) is 2.71. The second-order valence-corrected chi connectivity index (χ2v) is 5.99. The summed E-state index contributed by atoms with van der Waals surface area (Å²) in [6.07, 6.45) is 0.860. The Balaban J connectivity index is 2.07. The van der Waals surface area contributed by atoms with Crippen molar-refractivity contribution < 1.29 is 32.5 Å². The highest BCUT2D eigenvalue weighted by Crippen LogP contribution is 2.30. The van der Waals surface area contributed by atoms with Crippen LogP contribution in [0.15, 0.2) is 36.4 Å². The van der Waals surface area contributed by atoms with E-state index in [1.165, 1.54) is 19.2 Å². The molecule has 1 N–H and O–H groups in total. The largest absolute Gasteiger partial charge is 0.493 e.